The normalized spacial score (nSPS) is 12.6. The minimum Gasteiger partial charge on any atom is -0.481 e. The molecule has 0 fully saturated rings. The molecule has 0 N–H and O–H groups in total. The van der Waals surface area contributed by atoms with Gasteiger partial charge in [0.2, 0.25) is 17.5 Å². The Balaban J connectivity index is 1.50. The van der Waals surface area contributed by atoms with Gasteiger partial charge in [0.05, 0.1) is 0 Å². The van der Waals surface area contributed by atoms with Crippen LogP contribution in [0.5, 0.6) is 5.75 Å². The Bertz CT molecular complexity index is 1370. The zero-order chi connectivity index (χ0) is 23.6. The molecule has 4 aromatic rings. The predicted molar refractivity (Wildman–Crippen MR) is 116 cm³/mol. The molecule has 0 aliphatic rings. The highest BCUT2D eigenvalue weighted by molar-refractivity contribution is 7.90. The van der Waals surface area contributed by atoms with E-state index in [1.165, 1.54) is 12.1 Å². The van der Waals surface area contributed by atoms with Crippen molar-refractivity contribution in [2.45, 2.75) is 37.7 Å². The lowest BCUT2D eigenvalue weighted by Gasteiger charge is -2.13. The molecule has 9 nitrogen and oxygen atoms in total. The molecule has 0 spiro atoms. The monoisotopic (exact) mass is 472 g/mol. The molecular weight excluding hydrogens is 451 g/mol. The van der Waals surface area contributed by atoms with Gasteiger partial charge in [0.25, 0.3) is 5.89 Å². The third kappa shape index (κ3) is 4.92. The fraction of sp³-hybridized carbons (Fsp3) is 0.273. The van der Waals surface area contributed by atoms with E-state index in [9.17, 15) is 12.8 Å². The number of nitrogens with zero attached hydrogens (tertiary/aromatic N) is 4. The second-order valence-electron chi connectivity index (χ2n) is 7.28. The van der Waals surface area contributed by atoms with Crippen LogP contribution in [0.4, 0.5) is 4.39 Å². The Morgan fingerprint density at radius 3 is 2.24 bits per heavy atom. The first-order valence-electron chi connectivity index (χ1n) is 10.2. The van der Waals surface area contributed by atoms with Gasteiger partial charge in [0, 0.05) is 23.8 Å². The lowest BCUT2D eigenvalue weighted by molar-refractivity contribution is 0.154. The Morgan fingerprint density at radius 2 is 1.64 bits per heavy atom. The van der Waals surface area contributed by atoms with Gasteiger partial charge in [-0.15, -0.1) is 0 Å². The molecule has 0 radical (unpaired) electrons. The summed E-state index contributed by atoms with van der Waals surface area (Å²) in [4.78, 5) is 8.22. The first-order chi connectivity index (χ1) is 15.8. The van der Waals surface area contributed by atoms with Crippen molar-refractivity contribution < 1.29 is 26.6 Å². The summed E-state index contributed by atoms with van der Waals surface area (Å²) in [7, 11) is -3.67. The van der Waals surface area contributed by atoms with Crippen LogP contribution in [-0.2, 0) is 16.3 Å². The second kappa shape index (κ2) is 9.10. The fourth-order valence-electron chi connectivity index (χ4n) is 3.09. The Morgan fingerprint density at radius 1 is 0.970 bits per heavy atom. The van der Waals surface area contributed by atoms with Crippen molar-refractivity contribution in [3.63, 3.8) is 0 Å². The van der Waals surface area contributed by atoms with Crippen LogP contribution in [0.25, 0.3) is 22.8 Å². The van der Waals surface area contributed by atoms with E-state index in [4.69, 9.17) is 13.8 Å². The van der Waals surface area contributed by atoms with E-state index in [0.717, 1.165) is 17.9 Å². The summed E-state index contributed by atoms with van der Waals surface area (Å²) in [5, 5.41) is 7.83. The summed E-state index contributed by atoms with van der Waals surface area (Å²) in [5.74, 6) is 1.11. The molecule has 0 aliphatic carbocycles. The Labute approximate surface area is 189 Å². The van der Waals surface area contributed by atoms with Crippen LogP contribution in [0.1, 0.15) is 38.2 Å². The second-order valence-corrected chi connectivity index (χ2v) is 9.26. The van der Waals surface area contributed by atoms with Crippen LogP contribution in [-0.4, -0.2) is 35.0 Å². The molecule has 33 heavy (non-hydrogen) atoms. The first kappa shape index (κ1) is 22.6. The summed E-state index contributed by atoms with van der Waals surface area (Å²) in [6.07, 6.45) is 1.61. The van der Waals surface area contributed by atoms with Crippen LogP contribution in [0.15, 0.2) is 56.4 Å². The third-order valence-corrected chi connectivity index (χ3v) is 5.97. The number of aromatic nitrogens is 4. The van der Waals surface area contributed by atoms with Crippen LogP contribution < -0.4 is 4.74 Å². The highest BCUT2D eigenvalue weighted by atomic mass is 32.2. The lowest BCUT2D eigenvalue weighted by Crippen LogP contribution is -2.07. The van der Waals surface area contributed by atoms with Crippen molar-refractivity contribution in [1.29, 1.82) is 0 Å². The van der Waals surface area contributed by atoms with Crippen molar-refractivity contribution in [3.8, 4) is 28.5 Å². The Hall–Kier alpha value is -3.60. The quantitative estimate of drug-likeness (QED) is 0.367. The summed E-state index contributed by atoms with van der Waals surface area (Å²) in [6, 6.07) is 10.9. The average molecular weight is 472 g/mol. The molecule has 0 saturated heterocycles. The topological polar surface area (TPSA) is 121 Å². The summed E-state index contributed by atoms with van der Waals surface area (Å²) < 4.78 is 53.9. The first-order valence-corrected chi connectivity index (χ1v) is 12.1. The van der Waals surface area contributed by atoms with Crippen molar-refractivity contribution in [1.82, 2.24) is 20.3 Å². The van der Waals surface area contributed by atoms with Gasteiger partial charge in [-0.25, -0.2) is 12.8 Å². The number of rotatable bonds is 8. The summed E-state index contributed by atoms with van der Waals surface area (Å²) >= 11 is 0. The van der Waals surface area contributed by atoms with Gasteiger partial charge >= 0.3 is 0 Å². The van der Waals surface area contributed by atoms with E-state index < -0.39 is 21.8 Å². The molecular formula is C22H21FN4O5S. The van der Waals surface area contributed by atoms with Gasteiger partial charge in [-0.05, 0) is 48.9 Å². The molecule has 2 heterocycles. The summed E-state index contributed by atoms with van der Waals surface area (Å²) in [5.41, 5.74) is 1.08. The largest absolute Gasteiger partial charge is 0.481 e. The maximum atomic E-state index is 14.2. The average Bonchev–Trinajstić information content (AvgIpc) is 3.47. The highest BCUT2D eigenvalue weighted by Crippen LogP contribution is 2.28. The number of halogens is 1. The van der Waals surface area contributed by atoms with Gasteiger partial charge in [-0.1, -0.05) is 24.2 Å². The van der Waals surface area contributed by atoms with Gasteiger partial charge in [0.1, 0.15) is 16.5 Å². The van der Waals surface area contributed by atoms with E-state index in [-0.39, 0.29) is 16.6 Å². The van der Waals surface area contributed by atoms with Crippen LogP contribution in [0.3, 0.4) is 0 Å². The molecule has 1 atom stereocenters. The molecule has 0 amide bonds. The van der Waals surface area contributed by atoms with Crippen LogP contribution in [0, 0.1) is 5.82 Å². The zero-order valence-electron chi connectivity index (χ0n) is 18.1. The van der Waals surface area contributed by atoms with Gasteiger partial charge in [-0.2, -0.15) is 9.97 Å². The van der Waals surface area contributed by atoms with Crippen molar-refractivity contribution >= 4 is 9.84 Å². The van der Waals surface area contributed by atoms with Gasteiger partial charge in [0.15, 0.2) is 15.9 Å². The molecule has 11 heteroatoms. The van der Waals surface area contributed by atoms with E-state index >= 15 is 0 Å². The van der Waals surface area contributed by atoms with Crippen LogP contribution in [0.2, 0.25) is 0 Å². The molecule has 172 valence electrons. The molecule has 4 rings (SSSR count). The molecule has 0 aliphatic heterocycles. The number of hydrogen-bond donors (Lipinski definition) is 0. The molecule has 1 unspecified atom stereocenters. The molecule has 0 bridgehead atoms. The zero-order valence-corrected chi connectivity index (χ0v) is 19.0. The lowest BCUT2D eigenvalue weighted by atomic mass is 10.2. The maximum absolute atomic E-state index is 14.2. The van der Waals surface area contributed by atoms with Crippen molar-refractivity contribution in [2.75, 3.05) is 6.26 Å². The van der Waals surface area contributed by atoms with Crippen molar-refractivity contribution in [2.24, 2.45) is 0 Å². The number of hydrogen-bond acceptors (Lipinski definition) is 9. The number of sulfone groups is 1. The molecule has 0 saturated carbocycles. The number of aryl methyl sites for hydroxylation is 1. The molecule has 2 aromatic carbocycles. The standard InChI is InChI=1S/C22H21FN4O5S/c1-4-17(30-15-9-6-13(7-10-15)20-24-19(5-2)31-26-20)22-25-21(27-32-22)14-8-11-18(16(23)12-14)33(3,28)29/h6-12,17H,4-5H2,1-3H3. The minimum absolute atomic E-state index is 0.130. The van der Waals surface area contributed by atoms with E-state index in [1.807, 2.05) is 26.0 Å². The van der Waals surface area contributed by atoms with Gasteiger partial charge < -0.3 is 13.8 Å². The predicted octanol–water partition coefficient (Wildman–Crippen LogP) is 4.42. The van der Waals surface area contributed by atoms with E-state index in [2.05, 4.69) is 20.3 Å². The third-order valence-electron chi connectivity index (χ3n) is 4.84. The fourth-order valence-corrected chi connectivity index (χ4v) is 3.82. The minimum atomic E-state index is -3.67. The number of benzene rings is 2. The van der Waals surface area contributed by atoms with Crippen LogP contribution >= 0.6 is 0 Å². The van der Waals surface area contributed by atoms with E-state index in [1.54, 1.807) is 12.1 Å². The summed E-state index contributed by atoms with van der Waals surface area (Å²) in [6.45, 7) is 3.83. The van der Waals surface area contributed by atoms with Gasteiger partial charge in [-0.3, -0.25) is 0 Å². The maximum Gasteiger partial charge on any atom is 0.268 e. The Kier molecular flexibility index (Phi) is 6.23. The highest BCUT2D eigenvalue weighted by Gasteiger charge is 2.22. The van der Waals surface area contributed by atoms with Crippen molar-refractivity contribution in [3.05, 3.63) is 60.1 Å². The smallest absolute Gasteiger partial charge is 0.268 e. The van der Waals surface area contributed by atoms with E-state index in [0.29, 0.717) is 35.9 Å². The molecule has 2 aromatic heterocycles. The SMILES string of the molecule is CCc1nc(-c2ccc(OC(CC)c3nc(-c4ccc(S(C)(=O)=O)c(F)c4)no3)cc2)no1. The number of ether oxygens (including phenoxy) is 1.